The van der Waals surface area contributed by atoms with Gasteiger partial charge >= 0.3 is 5.97 Å². The number of hydrogen-bond donors (Lipinski definition) is 2. The number of methoxy groups -OCH3 is 1. The van der Waals surface area contributed by atoms with Crippen LogP contribution in [0.15, 0.2) is 46.9 Å². The predicted molar refractivity (Wildman–Crippen MR) is 133 cm³/mol. The van der Waals surface area contributed by atoms with Gasteiger partial charge in [-0.25, -0.2) is 9.78 Å². The molecule has 0 amide bonds. The number of aliphatic hydroxyl groups excluding tert-OH is 2. The summed E-state index contributed by atoms with van der Waals surface area (Å²) in [4.78, 5) is 15.5. The molecular weight excluding hydrogens is 430 g/mol. The lowest BCUT2D eigenvalue weighted by Crippen LogP contribution is -2.07. The Morgan fingerprint density at radius 1 is 0.941 bits per heavy atom. The predicted octanol–water partition coefficient (Wildman–Crippen LogP) is 6.07. The van der Waals surface area contributed by atoms with Crippen molar-refractivity contribution in [3.63, 3.8) is 0 Å². The summed E-state index contributed by atoms with van der Waals surface area (Å²) in [6.07, 6.45) is 9.00. The summed E-state index contributed by atoms with van der Waals surface area (Å²) < 4.78 is 10.1. The molecule has 2 aromatic carbocycles. The van der Waals surface area contributed by atoms with Crippen molar-refractivity contribution in [1.29, 1.82) is 0 Å². The van der Waals surface area contributed by atoms with Crippen molar-refractivity contribution in [3.05, 3.63) is 76.2 Å². The van der Waals surface area contributed by atoms with Crippen LogP contribution >= 0.6 is 0 Å². The van der Waals surface area contributed by atoms with Gasteiger partial charge < -0.3 is 19.4 Å². The third kappa shape index (κ3) is 8.12. The van der Waals surface area contributed by atoms with Crippen molar-refractivity contribution in [2.24, 2.45) is 0 Å². The van der Waals surface area contributed by atoms with Gasteiger partial charge in [0.15, 0.2) is 0 Å². The molecule has 0 atom stereocenters. The monoisotopic (exact) mass is 467 g/mol. The molecule has 1 saturated carbocycles. The van der Waals surface area contributed by atoms with Crippen LogP contribution in [0.3, 0.4) is 0 Å². The van der Waals surface area contributed by atoms with Crippen molar-refractivity contribution >= 4 is 5.97 Å². The van der Waals surface area contributed by atoms with Crippen molar-refractivity contribution in [3.8, 4) is 11.5 Å². The number of rotatable bonds is 4. The lowest BCUT2D eigenvalue weighted by atomic mass is 10.0. The van der Waals surface area contributed by atoms with Crippen LogP contribution in [0.4, 0.5) is 0 Å². The van der Waals surface area contributed by atoms with E-state index in [0.29, 0.717) is 28.5 Å². The van der Waals surface area contributed by atoms with E-state index >= 15 is 0 Å². The van der Waals surface area contributed by atoms with Gasteiger partial charge in [-0.2, -0.15) is 0 Å². The fraction of sp³-hybridized carbons (Fsp3) is 0.429. The van der Waals surface area contributed by atoms with Crippen molar-refractivity contribution in [2.45, 2.75) is 72.5 Å². The highest BCUT2D eigenvalue weighted by molar-refractivity contribution is 5.92. The first-order valence-corrected chi connectivity index (χ1v) is 11.8. The number of aryl methyl sites for hydroxylation is 3. The number of ether oxygens (including phenoxy) is 1. The normalized spacial score (nSPS) is 12.6. The average molecular weight is 468 g/mol. The molecule has 4 rings (SSSR count). The Bertz CT molecular complexity index is 1030. The molecule has 2 N–H and O–H groups in total. The Labute approximate surface area is 202 Å². The van der Waals surface area contributed by atoms with Crippen LogP contribution in [0.25, 0.3) is 11.5 Å². The summed E-state index contributed by atoms with van der Waals surface area (Å²) in [5.74, 6) is 0.844. The molecule has 0 unspecified atom stereocenters. The number of aromatic nitrogens is 1. The van der Waals surface area contributed by atoms with Gasteiger partial charge in [0, 0.05) is 5.56 Å². The molecule has 1 heterocycles. The topological polar surface area (TPSA) is 92.8 Å². The molecule has 1 aliphatic rings. The van der Waals surface area contributed by atoms with Crippen molar-refractivity contribution < 1.29 is 24.2 Å². The van der Waals surface area contributed by atoms with E-state index in [-0.39, 0.29) is 13.2 Å². The molecule has 3 aromatic rings. The maximum atomic E-state index is 11.3. The summed E-state index contributed by atoms with van der Waals surface area (Å²) >= 11 is 0. The molecule has 0 saturated heterocycles. The number of aliphatic hydroxyl groups is 2. The highest BCUT2D eigenvalue weighted by Crippen LogP contribution is 2.22. The average Bonchev–Trinajstić information content (AvgIpc) is 3.26. The van der Waals surface area contributed by atoms with Crippen LogP contribution in [0, 0.1) is 20.8 Å². The molecule has 1 aliphatic carbocycles. The second kappa shape index (κ2) is 14.3. The van der Waals surface area contributed by atoms with E-state index in [9.17, 15) is 4.79 Å². The third-order valence-electron chi connectivity index (χ3n) is 5.73. The number of nitrogens with zero attached hydrogens (tertiary/aromatic N) is 1. The minimum Gasteiger partial charge on any atom is -0.465 e. The fourth-order valence-corrected chi connectivity index (χ4v) is 3.79. The van der Waals surface area contributed by atoms with E-state index in [2.05, 4.69) is 9.72 Å². The highest BCUT2D eigenvalue weighted by Gasteiger charge is 2.13. The summed E-state index contributed by atoms with van der Waals surface area (Å²) in [5, 5.41) is 18.0. The molecule has 1 fully saturated rings. The summed E-state index contributed by atoms with van der Waals surface area (Å²) in [6, 6.07) is 13.2. The number of benzene rings is 2. The van der Waals surface area contributed by atoms with E-state index in [4.69, 9.17) is 14.6 Å². The zero-order valence-electron chi connectivity index (χ0n) is 20.8. The Kier molecular flexibility index (Phi) is 11.5. The fourth-order valence-electron chi connectivity index (χ4n) is 3.79. The smallest absolute Gasteiger partial charge is 0.338 e. The molecule has 1 aromatic heterocycles. The molecule has 184 valence electrons. The van der Waals surface area contributed by atoms with Crippen LogP contribution in [-0.4, -0.2) is 28.3 Å². The molecular formula is C28H37NO5. The van der Waals surface area contributed by atoms with Crippen LogP contribution in [0.5, 0.6) is 0 Å². The number of hydrogen-bond acceptors (Lipinski definition) is 6. The number of carbonyl (C=O) groups is 1. The van der Waals surface area contributed by atoms with E-state index in [1.54, 1.807) is 19.1 Å². The lowest BCUT2D eigenvalue weighted by Gasteiger charge is -2.07. The summed E-state index contributed by atoms with van der Waals surface area (Å²) in [7, 11) is 1.33. The molecule has 6 heteroatoms. The summed E-state index contributed by atoms with van der Waals surface area (Å²) in [6.45, 7) is 5.41. The van der Waals surface area contributed by atoms with Crippen molar-refractivity contribution in [1.82, 2.24) is 4.98 Å². The maximum Gasteiger partial charge on any atom is 0.338 e. The highest BCUT2D eigenvalue weighted by atomic mass is 16.5. The van der Waals surface area contributed by atoms with Gasteiger partial charge in [-0.05, 0) is 44.0 Å². The first-order valence-electron chi connectivity index (χ1n) is 11.8. The van der Waals surface area contributed by atoms with Gasteiger partial charge in [-0.1, -0.05) is 74.4 Å². The number of carbonyl (C=O) groups excluding carboxylic acids is 1. The second-order valence-electron chi connectivity index (χ2n) is 8.43. The first kappa shape index (κ1) is 27.3. The standard InChI is InChI=1S/C12H13NO2.C10H12O3.C6H12/c1-8-4-3-5-10(6-8)12-13-11(7-14)9(2)15-12;1-7-4-3-5-8(6-11)9(7)10(12)13-2;1-2-4-6-5-3-1/h3-6,14H,7H2,1-2H3;3-5,11H,6H2,1-2H3;1-6H2. The third-order valence-corrected chi connectivity index (χ3v) is 5.73. The zero-order valence-corrected chi connectivity index (χ0v) is 20.8. The van der Waals surface area contributed by atoms with Gasteiger partial charge in [-0.15, -0.1) is 0 Å². The Morgan fingerprint density at radius 3 is 2.06 bits per heavy atom. The van der Waals surface area contributed by atoms with E-state index in [0.717, 1.165) is 16.7 Å². The maximum absolute atomic E-state index is 11.3. The van der Waals surface area contributed by atoms with Crippen LogP contribution in [-0.2, 0) is 18.0 Å². The minimum absolute atomic E-state index is 0.0822. The Balaban J connectivity index is 0.000000195. The molecule has 0 spiro atoms. The summed E-state index contributed by atoms with van der Waals surface area (Å²) in [5.41, 5.74) is 4.59. The van der Waals surface area contributed by atoms with E-state index in [1.165, 1.54) is 45.6 Å². The lowest BCUT2D eigenvalue weighted by molar-refractivity contribution is 0.0596. The van der Waals surface area contributed by atoms with E-state index < -0.39 is 5.97 Å². The van der Waals surface area contributed by atoms with Crippen LogP contribution < -0.4 is 0 Å². The van der Waals surface area contributed by atoms with Crippen LogP contribution in [0.2, 0.25) is 0 Å². The molecule has 6 nitrogen and oxygen atoms in total. The van der Waals surface area contributed by atoms with E-state index in [1.807, 2.05) is 44.2 Å². The van der Waals surface area contributed by atoms with Gasteiger partial charge in [-0.3, -0.25) is 0 Å². The molecule has 0 bridgehead atoms. The molecule has 0 aliphatic heterocycles. The van der Waals surface area contributed by atoms with Crippen molar-refractivity contribution in [2.75, 3.05) is 7.11 Å². The Hall–Kier alpha value is -2.96. The van der Waals surface area contributed by atoms with Gasteiger partial charge in [0.25, 0.3) is 0 Å². The SMILES string of the molecule is C1CCCCC1.COC(=O)c1c(C)cccc1CO.Cc1cccc(-c2nc(CO)c(C)o2)c1. The van der Waals surface area contributed by atoms with Gasteiger partial charge in [0.2, 0.25) is 5.89 Å². The first-order chi connectivity index (χ1) is 16.4. The molecule has 0 radical (unpaired) electrons. The number of oxazole rings is 1. The Morgan fingerprint density at radius 2 is 1.56 bits per heavy atom. The van der Waals surface area contributed by atoms with Crippen LogP contribution in [0.1, 0.15) is 77.0 Å². The van der Waals surface area contributed by atoms with Gasteiger partial charge in [0.1, 0.15) is 11.5 Å². The quantitative estimate of drug-likeness (QED) is 0.453. The minimum atomic E-state index is -0.401. The van der Waals surface area contributed by atoms with Gasteiger partial charge in [0.05, 0.1) is 25.9 Å². The zero-order chi connectivity index (χ0) is 24.9. The second-order valence-corrected chi connectivity index (χ2v) is 8.43. The number of esters is 1. The molecule has 34 heavy (non-hydrogen) atoms. The largest absolute Gasteiger partial charge is 0.465 e.